The first-order valence-electron chi connectivity index (χ1n) is 8.62. The molecule has 0 saturated heterocycles. The van der Waals surface area contributed by atoms with Crippen molar-refractivity contribution >= 4 is 0 Å². The van der Waals surface area contributed by atoms with Crippen LogP contribution >= 0.6 is 0 Å². The fourth-order valence-electron chi connectivity index (χ4n) is 3.54. The first kappa shape index (κ1) is 16.4. The molecule has 2 nitrogen and oxygen atoms in total. The number of aryl methyl sites for hydroxylation is 1. The molecule has 0 aromatic heterocycles. The molecule has 0 radical (unpaired) electrons. The van der Waals surface area contributed by atoms with Crippen LogP contribution < -0.4 is 10.1 Å². The van der Waals surface area contributed by atoms with E-state index in [9.17, 15) is 0 Å². The van der Waals surface area contributed by atoms with Crippen LogP contribution in [-0.4, -0.2) is 19.2 Å². The molecule has 3 unspecified atom stereocenters. The Bertz CT molecular complexity index is 401. The standard InChI is InChI=1S/C19H31NO/c1-4-17-7-5-6-8-19(17)20-15(2)9-10-16-11-13-18(21-3)14-12-16/h11-15,17,19-20H,4-10H2,1-3H3. The van der Waals surface area contributed by atoms with Crippen LogP contribution in [0.25, 0.3) is 0 Å². The van der Waals surface area contributed by atoms with E-state index in [1.807, 2.05) is 0 Å². The second-order valence-electron chi connectivity index (χ2n) is 6.51. The molecule has 1 aromatic carbocycles. The Morgan fingerprint density at radius 2 is 1.90 bits per heavy atom. The predicted octanol–water partition coefficient (Wildman–Crippen LogP) is 4.57. The number of hydrogen-bond acceptors (Lipinski definition) is 2. The summed E-state index contributed by atoms with van der Waals surface area (Å²) in [6.07, 6.45) is 9.28. The maximum atomic E-state index is 5.21. The SMILES string of the molecule is CCC1CCCCC1NC(C)CCc1ccc(OC)cc1. The van der Waals surface area contributed by atoms with E-state index in [4.69, 9.17) is 4.74 Å². The lowest BCUT2D eigenvalue weighted by Crippen LogP contribution is -2.43. The van der Waals surface area contributed by atoms with Crippen molar-refractivity contribution < 1.29 is 4.74 Å². The summed E-state index contributed by atoms with van der Waals surface area (Å²) in [6.45, 7) is 4.68. The van der Waals surface area contributed by atoms with Crippen molar-refractivity contribution in [2.45, 2.75) is 70.9 Å². The van der Waals surface area contributed by atoms with Crippen LogP contribution in [0.4, 0.5) is 0 Å². The van der Waals surface area contributed by atoms with Gasteiger partial charge in [-0.15, -0.1) is 0 Å². The third kappa shape index (κ3) is 5.03. The van der Waals surface area contributed by atoms with Gasteiger partial charge in [0.05, 0.1) is 7.11 Å². The molecule has 1 saturated carbocycles. The minimum atomic E-state index is 0.601. The Morgan fingerprint density at radius 3 is 2.57 bits per heavy atom. The molecule has 1 fully saturated rings. The number of hydrogen-bond donors (Lipinski definition) is 1. The molecule has 3 atom stereocenters. The Balaban J connectivity index is 1.76. The zero-order chi connectivity index (χ0) is 15.1. The van der Waals surface area contributed by atoms with Crippen molar-refractivity contribution in [3.8, 4) is 5.75 Å². The zero-order valence-electron chi connectivity index (χ0n) is 13.9. The molecule has 0 amide bonds. The average Bonchev–Trinajstić information content (AvgIpc) is 2.54. The van der Waals surface area contributed by atoms with Gasteiger partial charge in [0.15, 0.2) is 0 Å². The second kappa shape index (κ2) is 8.43. The Hall–Kier alpha value is -1.02. The van der Waals surface area contributed by atoms with E-state index in [0.29, 0.717) is 6.04 Å². The minimum Gasteiger partial charge on any atom is -0.497 e. The first-order valence-corrected chi connectivity index (χ1v) is 8.62. The van der Waals surface area contributed by atoms with Crippen LogP contribution in [-0.2, 0) is 6.42 Å². The van der Waals surface area contributed by atoms with Gasteiger partial charge in [-0.2, -0.15) is 0 Å². The monoisotopic (exact) mass is 289 g/mol. The summed E-state index contributed by atoms with van der Waals surface area (Å²) in [5.41, 5.74) is 1.40. The van der Waals surface area contributed by atoms with E-state index in [0.717, 1.165) is 24.1 Å². The van der Waals surface area contributed by atoms with Gasteiger partial charge in [0.2, 0.25) is 0 Å². The third-order valence-corrected chi connectivity index (χ3v) is 4.96. The van der Waals surface area contributed by atoms with E-state index < -0.39 is 0 Å². The molecule has 0 heterocycles. The number of nitrogens with one attached hydrogen (secondary N) is 1. The van der Waals surface area contributed by atoms with Gasteiger partial charge in [-0.1, -0.05) is 38.3 Å². The molecular weight excluding hydrogens is 258 g/mol. The van der Waals surface area contributed by atoms with Gasteiger partial charge in [-0.25, -0.2) is 0 Å². The van der Waals surface area contributed by atoms with E-state index in [1.165, 1.54) is 44.1 Å². The van der Waals surface area contributed by atoms with E-state index in [-0.39, 0.29) is 0 Å². The average molecular weight is 289 g/mol. The molecular formula is C19H31NO. The largest absolute Gasteiger partial charge is 0.497 e. The summed E-state index contributed by atoms with van der Waals surface area (Å²) in [6, 6.07) is 9.82. The summed E-state index contributed by atoms with van der Waals surface area (Å²) in [7, 11) is 1.72. The van der Waals surface area contributed by atoms with Crippen molar-refractivity contribution in [3.63, 3.8) is 0 Å². The zero-order valence-corrected chi connectivity index (χ0v) is 13.9. The minimum absolute atomic E-state index is 0.601. The van der Waals surface area contributed by atoms with Gasteiger partial charge < -0.3 is 10.1 Å². The van der Waals surface area contributed by atoms with Gasteiger partial charge in [0.25, 0.3) is 0 Å². The molecule has 0 aliphatic heterocycles. The van der Waals surface area contributed by atoms with Crippen LogP contribution in [0.2, 0.25) is 0 Å². The normalized spacial score (nSPS) is 23.8. The molecule has 0 bridgehead atoms. The molecule has 2 heteroatoms. The Labute approximate surface area is 130 Å². The lowest BCUT2D eigenvalue weighted by atomic mass is 9.82. The fraction of sp³-hybridized carbons (Fsp3) is 0.684. The first-order chi connectivity index (χ1) is 10.2. The summed E-state index contributed by atoms with van der Waals surface area (Å²) in [4.78, 5) is 0. The molecule has 21 heavy (non-hydrogen) atoms. The van der Waals surface area contributed by atoms with Gasteiger partial charge in [0.1, 0.15) is 5.75 Å². The molecule has 1 aromatic rings. The van der Waals surface area contributed by atoms with E-state index in [2.05, 4.69) is 43.4 Å². The quantitative estimate of drug-likeness (QED) is 0.793. The molecule has 2 rings (SSSR count). The van der Waals surface area contributed by atoms with Crippen molar-refractivity contribution in [1.29, 1.82) is 0 Å². The van der Waals surface area contributed by atoms with Gasteiger partial charge in [0, 0.05) is 12.1 Å². The van der Waals surface area contributed by atoms with Crippen molar-refractivity contribution in [1.82, 2.24) is 5.32 Å². The van der Waals surface area contributed by atoms with E-state index >= 15 is 0 Å². The van der Waals surface area contributed by atoms with Crippen molar-refractivity contribution in [2.24, 2.45) is 5.92 Å². The van der Waals surface area contributed by atoms with Crippen LogP contribution in [0, 0.1) is 5.92 Å². The molecule has 1 N–H and O–H groups in total. The summed E-state index contributed by atoms with van der Waals surface area (Å²) >= 11 is 0. The Kier molecular flexibility index (Phi) is 6.56. The van der Waals surface area contributed by atoms with Crippen LogP contribution in [0.1, 0.15) is 57.9 Å². The number of rotatable bonds is 7. The third-order valence-electron chi connectivity index (χ3n) is 4.96. The lowest BCUT2D eigenvalue weighted by Gasteiger charge is -2.34. The molecule has 118 valence electrons. The predicted molar refractivity (Wildman–Crippen MR) is 89.9 cm³/mol. The number of ether oxygens (including phenoxy) is 1. The summed E-state index contributed by atoms with van der Waals surface area (Å²) < 4.78 is 5.21. The highest BCUT2D eigenvalue weighted by Gasteiger charge is 2.24. The topological polar surface area (TPSA) is 21.3 Å². The molecule has 1 aliphatic rings. The summed E-state index contributed by atoms with van der Waals surface area (Å²) in [5.74, 6) is 1.83. The van der Waals surface area contributed by atoms with Gasteiger partial charge in [-0.3, -0.25) is 0 Å². The molecule has 0 spiro atoms. The Morgan fingerprint density at radius 1 is 1.19 bits per heavy atom. The maximum absolute atomic E-state index is 5.21. The highest BCUT2D eigenvalue weighted by atomic mass is 16.5. The maximum Gasteiger partial charge on any atom is 0.118 e. The van der Waals surface area contributed by atoms with E-state index in [1.54, 1.807) is 7.11 Å². The summed E-state index contributed by atoms with van der Waals surface area (Å²) in [5, 5.41) is 3.89. The highest BCUT2D eigenvalue weighted by molar-refractivity contribution is 5.27. The lowest BCUT2D eigenvalue weighted by molar-refractivity contribution is 0.237. The fourth-order valence-corrected chi connectivity index (χ4v) is 3.54. The van der Waals surface area contributed by atoms with Crippen LogP contribution in [0.3, 0.4) is 0 Å². The smallest absolute Gasteiger partial charge is 0.118 e. The van der Waals surface area contributed by atoms with Crippen LogP contribution in [0.5, 0.6) is 5.75 Å². The van der Waals surface area contributed by atoms with Crippen molar-refractivity contribution in [3.05, 3.63) is 29.8 Å². The molecule has 1 aliphatic carbocycles. The van der Waals surface area contributed by atoms with Crippen LogP contribution in [0.15, 0.2) is 24.3 Å². The highest BCUT2D eigenvalue weighted by Crippen LogP contribution is 2.27. The van der Waals surface area contributed by atoms with Gasteiger partial charge in [-0.05, 0) is 56.2 Å². The van der Waals surface area contributed by atoms with Crippen molar-refractivity contribution in [2.75, 3.05) is 7.11 Å². The second-order valence-corrected chi connectivity index (χ2v) is 6.51. The number of methoxy groups -OCH3 is 1. The van der Waals surface area contributed by atoms with Gasteiger partial charge >= 0.3 is 0 Å². The number of benzene rings is 1.